The summed E-state index contributed by atoms with van der Waals surface area (Å²) in [6, 6.07) is 14.7. The Morgan fingerprint density at radius 1 is 1.03 bits per heavy atom. The molecule has 0 spiro atoms. The van der Waals surface area contributed by atoms with Crippen molar-refractivity contribution in [2.45, 2.75) is 13.8 Å². The van der Waals surface area contributed by atoms with Crippen LogP contribution < -0.4 is 15.0 Å². The zero-order chi connectivity index (χ0) is 21.3. The highest BCUT2D eigenvalue weighted by molar-refractivity contribution is 6.30. The number of methoxy groups -OCH3 is 1. The summed E-state index contributed by atoms with van der Waals surface area (Å²) in [7, 11) is 1.58. The van der Waals surface area contributed by atoms with Crippen molar-refractivity contribution in [3.63, 3.8) is 0 Å². The van der Waals surface area contributed by atoms with E-state index in [1.54, 1.807) is 17.7 Å². The van der Waals surface area contributed by atoms with E-state index < -0.39 is 0 Å². The molecule has 2 aromatic heterocycles. The van der Waals surface area contributed by atoms with Gasteiger partial charge in [-0.25, -0.2) is 4.52 Å². The molecule has 2 heterocycles. The summed E-state index contributed by atoms with van der Waals surface area (Å²) in [5.41, 5.74) is 2.80. The van der Waals surface area contributed by atoms with E-state index in [9.17, 15) is 4.79 Å². The van der Waals surface area contributed by atoms with Crippen LogP contribution in [0.4, 0.5) is 0 Å². The lowest BCUT2D eigenvalue weighted by molar-refractivity contribution is 0.257. The lowest BCUT2D eigenvalue weighted by atomic mass is 10.1. The van der Waals surface area contributed by atoms with Crippen LogP contribution in [0.15, 0.2) is 65.8 Å². The highest BCUT2D eigenvalue weighted by Gasteiger charge is 2.12. The molecule has 4 rings (SSSR count). The van der Waals surface area contributed by atoms with E-state index in [0.717, 1.165) is 11.1 Å². The number of fused-ring (bicyclic) bond motifs is 1. The molecule has 4 aromatic rings. The van der Waals surface area contributed by atoms with Crippen molar-refractivity contribution in [2.75, 3.05) is 13.7 Å². The number of hydrogen-bond donors (Lipinski definition) is 0. The molecule has 0 saturated carbocycles. The lowest BCUT2D eigenvalue weighted by Crippen LogP contribution is -2.21. The number of nitrogens with zero attached hydrogens (tertiary/aromatic N) is 3. The predicted molar refractivity (Wildman–Crippen MR) is 118 cm³/mol. The van der Waals surface area contributed by atoms with Crippen molar-refractivity contribution < 1.29 is 9.47 Å². The summed E-state index contributed by atoms with van der Waals surface area (Å²) in [5.74, 6) is 1.61. The summed E-state index contributed by atoms with van der Waals surface area (Å²) >= 11 is 5.97. The van der Waals surface area contributed by atoms with E-state index in [4.69, 9.17) is 21.1 Å². The van der Waals surface area contributed by atoms with Gasteiger partial charge in [0.15, 0.2) is 11.5 Å². The quantitative estimate of drug-likeness (QED) is 0.445. The lowest BCUT2D eigenvalue weighted by Gasteiger charge is -2.14. The number of halogens is 1. The molecule has 0 amide bonds. The largest absolute Gasteiger partial charge is 0.493 e. The molecule has 154 valence electrons. The maximum absolute atomic E-state index is 13.1. The summed E-state index contributed by atoms with van der Waals surface area (Å²) in [6.45, 7) is 4.75. The van der Waals surface area contributed by atoms with Gasteiger partial charge in [0.1, 0.15) is 11.8 Å². The van der Waals surface area contributed by atoms with Gasteiger partial charge in [-0.3, -0.25) is 9.36 Å². The molecule has 0 atom stereocenters. The zero-order valence-electron chi connectivity index (χ0n) is 17.0. The molecule has 0 saturated heterocycles. The van der Waals surface area contributed by atoms with Crippen molar-refractivity contribution in [3.05, 3.63) is 76.4 Å². The Balaban J connectivity index is 1.73. The Kier molecular flexibility index (Phi) is 5.50. The van der Waals surface area contributed by atoms with Gasteiger partial charge in [0.05, 0.1) is 19.4 Å². The van der Waals surface area contributed by atoms with E-state index in [0.29, 0.717) is 40.3 Å². The first-order chi connectivity index (χ1) is 14.5. The predicted octanol–water partition coefficient (Wildman–Crippen LogP) is 4.85. The number of ether oxygens (including phenoxy) is 2. The van der Waals surface area contributed by atoms with Crippen molar-refractivity contribution in [1.82, 2.24) is 14.2 Å². The van der Waals surface area contributed by atoms with Crippen molar-refractivity contribution in [1.29, 1.82) is 0 Å². The van der Waals surface area contributed by atoms with E-state index in [1.807, 2.05) is 48.7 Å². The molecule has 2 aromatic carbocycles. The molecule has 0 unspecified atom stereocenters. The maximum Gasteiger partial charge on any atom is 0.282 e. The molecule has 0 fully saturated rings. The number of rotatable bonds is 6. The third-order valence-electron chi connectivity index (χ3n) is 4.70. The molecule has 7 heteroatoms. The molecule has 30 heavy (non-hydrogen) atoms. The Bertz CT molecular complexity index is 1240. The Morgan fingerprint density at radius 2 is 1.80 bits per heavy atom. The minimum Gasteiger partial charge on any atom is -0.493 e. The van der Waals surface area contributed by atoms with Gasteiger partial charge in [0.2, 0.25) is 0 Å². The monoisotopic (exact) mass is 423 g/mol. The van der Waals surface area contributed by atoms with Crippen LogP contribution in [0.3, 0.4) is 0 Å². The molecular formula is C23H22ClN3O3. The van der Waals surface area contributed by atoms with Crippen LogP contribution in [-0.4, -0.2) is 27.9 Å². The maximum atomic E-state index is 13.1. The van der Waals surface area contributed by atoms with Gasteiger partial charge >= 0.3 is 0 Å². The summed E-state index contributed by atoms with van der Waals surface area (Å²) in [4.78, 5) is 13.1. The summed E-state index contributed by atoms with van der Waals surface area (Å²) in [5, 5.41) is 5.07. The fourth-order valence-corrected chi connectivity index (χ4v) is 3.28. The van der Waals surface area contributed by atoms with Crippen molar-refractivity contribution in [2.24, 2.45) is 5.92 Å². The molecule has 0 aliphatic heterocycles. The number of benzene rings is 2. The van der Waals surface area contributed by atoms with Crippen LogP contribution >= 0.6 is 11.6 Å². The van der Waals surface area contributed by atoms with Gasteiger partial charge in [-0.1, -0.05) is 37.6 Å². The first-order valence-electron chi connectivity index (χ1n) is 9.63. The van der Waals surface area contributed by atoms with Gasteiger partial charge in [-0.15, -0.1) is 0 Å². The van der Waals surface area contributed by atoms with Gasteiger partial charge in [-0.2, -0.15) is 5.10 Å². The molecule has 0 bridgehead atoms. The number of hydrogen-bond acceptors (Lipinski definition) is 4. The topological polar surface area (TPSA) is 57.8 Å². The van der Waals surface area contributed by atoms with Crippen molar-refractivity contribution in [3.8, 4) is 28.3 Å². The summed E-state index contributed by atoms with van der Waals surface area (Å²) < 4.78 is 14.3. The van der Waals surface area contributed by atoms with Gasteiger partial charge in [0.25, 0.3) is 5.56 Å². The molecule has 0 radical (unpaired) electrons. The smallest absolute Gasteiger partial charge is 0.282 e. The molecular weight excluding hydrogens is 402 g/mol. The Labute approximate surface area is 179 Å². The van der Waals surface area contributed by atoms with E-state index in [2.05, 4.69) is 18.9 Å². The zero-order valence-corrected chi connectivity index (χ0v) is 17.8. The van der Waals surface area contributed by atoms with E-state index >= 15 is 0 Å². The second kappa shape index (κ2) is 8.24. The summed E-state index contributed by atoms with van der Waals surface area (Å²) in [6.07, 6.45) is 3.33. The molecule has 6 nitrogen and oxygen atoms in total. The Hall–Kier alpha value is -3.25. The second-order valence-corrected chi connectivity index (χ2v) is 7.85. The fourth-order valence-electron chi connectivity index (χ4n) is 3.16. The van der Waals surface area contributed by atoms with Crippen LogP contribution in [0.2, 0.25) is 5.02 Å². The SMILES string of the molecule is COc1cc(-n2cnn3cc(-c4ccc(Cl)cc4)cc3c2=O)ccc1OCC(C)C. The van der Waals surface area contributed by atoms with E-state index in [1.165, 1.54) is 10.9 Å². The highest BCUT2D eigenvalue weighted by atomic mass is 35.5. The first-order valence-corrected chi connectivity index (χ1v) is 10.0. The average molecular weight is 424 g/mol. The van der Waals surface area contributed by atoms with Crippen LogP contribution in [-0.2, 0) is 0 Å². The fraction of sp³-hybridized carbons (Fsp3) is 0.217. The van der Waals surface area contributed by atoms with Gasteiger partial charge in [0, 0.05) is 22.8 Å². The third-order valence-corrected chi connectivity index (χ3v) is 4.96. The van der Waals surface area contributed by atoms with Crippen LogP contribution in [0.5, 0.6) is 11.5 Å². The molecule has 0 N–H and O–H groups in total. The number of aromatic nitrogens is 3. The van der Waals surface area contributed by atoms with Gasteiger partial charge in [-0.05, 0) is 41.8 Å². The van der Waals surface area contributed by atoms with E-state index in [-0.39, 0.29) is 5.56 Å². The van der Waals surface area contributed by atoms with Crippen molar-refractivity contribution >= 4 is 17.1 Å². The first kappa shape index (κ1) is 20.0. The highest BCUT2D eigenvalue weighted by Crippen LogP contribution is 2.30. The minimum atomic E-state index is -0.178. The van der Waals surface area contributed by atoms with Crippen LogP contribution in [0.25, 0.3) is 22.3 Å². The minimum absolute atomic E-state index is 0.178. The average Bonchev–Trinajstić information content (AvgIpc) is 3.18. The molecule has 0 aliphatic rings. The Morgan fingerprint density at radius 3 is 2.50 bits per heavy atom. The van der Waals surface area contributed by atoms with Crippen LogP contribution in [0.1, 0.15) is 13.8 Å². The normalized spacial score (nSPS) is 11.2. The second-order valence-electron chi connectivity index (χ2n) is 7.41. The third kappa shape index (κ3) is 3.91. The molecule has 0 aliphatic carbocycles. The van der Waals surface area contributed by atoms with Gasteiger partial charge < -0.3 is 9.47 Å². The standard InChI is InChI=1S/C23H22ClN3O3/c1-15(2)13-30-21-9-8-19(11-22(21)29-3)26-14-25-27-12-17(10-20(27)23(26)28)16-4-6-18(24)7-5-16/h4-12,14-15H,13H2,1-3H3. The van der Waals surface area contributed by atoms with Crippen LogP contribution in [0, 0.1) is 5.92 Å².